The van der Waals surface area contributed by atoms with Gasteiger partial charge in [-0.25, -0.2) is 0 Å². The predicted octanol–water partition coefficient (Wildman–Crippen LogP) is 17.1. The Morgan fingerprint density at radius 3 is 1.19 bits per heavy atom. The van der Waals surface area contributed by atoms with Gasteiger partial charge >= 0.3 is 5.97 Å². The number of hydrogen-bond donors (Lipinski definition) is 3. The van der Waals surface area contributed by atoms with Crippen molar-refractivity contribution in [3.05, 3.63) is 24.3 Å². The molecular formula is C57H109NO5. The Hall–Kier alpha value is -1.66. The number of carbonyl (C=O) groups is 2. The Balaban J connectivity index is 4.54. The summed E-state index contributed by atoms with van der Waals surface area (Å²) in [7, 11) is 0. The number of allylic oxidation sites excluding steroid dienone is 4. The lowest BCUT2D eigenvalue weighted by Gasteiger charge is -2.24. The van der Waals surface area contributed by atoms with Crippen molar-refractivity contribution in [3.8, 4) is 0 Å². The number of unbranched alkanes of at least 4 members (excludes halogenated alkanes) is 36. The first-order valence-corrected chi connectivity index (χ1v) is 28.1. The highest BCUT2D eigenvalue weighted by molar-refractivity contribution is 5.77. The summed E-state index contributed by atoms with van der Waals surface area (Å²) in [5, 5.41) is 23.8. The number of hydrogen-bond acceptors (Lipinski definition) is 5. The second-order valence-electron chi connectivity index (χ2n) is 19.4. The third-order valence-electron chi connectivity index (χ3n) is 13.1. The first-order chi connectivity index (χ1) is 31.0. The Labute approximate surface area is 392 Å². The maximum atomic E-state index is 13.2. The molecule has 0 aromatic rings. The lowest BCUT2D eigenvalue weighted by molar-refractivity contribution is -0.151. The van der Waals surface area contributed by atoms with Gasteiger partial charge in [0.25, 0.3) is 0 Å². The average molecular weight is 889 g/mol. The van der Waals surface area contributed by atoms with Crippen LogP contribution < -0.4 is 5.32 Å². The molecule has 6 heteroatoms. The Bertz CT molecular complexity index is 997. The zero-order chi connectivity index (χ0) is 45.9. The van der Waals surface area contributed by atoms with Crippen LogP contribution in [0.5, 0.6) is 0 Å². The fourth-order valence-corrected chi connectivity index (χ4v) is 8.78. The van der Waals surface area contributed by atoms with E-state index in [0.717, 1.165) is 70.6 Å². The van der Waals surface area contributed by atoms with Gasteiger partial charge < -0.3 is 20.3 Å². The number of ether oxygens (including phenoxy) is 1. The third kappa shape index (κ3) is 46.7. The van der Waals surface area contributed by atoms with Crippen molar-refractivity contribution in [2.45, 2.75) is 322 Å². The molecule has 0 aliphatic carbocycles. The highest BCUT2D eigenvalue weighted by Gasteiger charge is 2.24. The molecule has 0 aliphatic heterocycles. The van der Waals surface area contributed by atoms with Crippen LogP contribution in [-0.4, -0.2) is 46.9 Å². The molecule has 63 heavy (non-hydrogen) atoms. The van der Waals surface area contributed by atoms with Crippen molar-refractivity contribution in [3.63, 3.8) is 0 Å². The molecule has 3 N–H and O–H groups in total. The second kappa shape index (κ2) is 51.3. The summed E-state index contributed by atoms with van der Waals surface area (Å²) >= 11 is 0. The molecule has 0 aromatic carbocycles. The maximum absolute atomic E-state index is 13.2. The van der Waals surface area contributed by atoms with Crippen molar-refractivity contribution >= 4 is 11.9 Å². The molecule has 0 spiro atoms. The summed E-state index contributed by atoms with van der Waals surface area (Å²) in [5.74, 6) is -0.483. The van der Waals surface area contributed by atoms with E-state index in [0.29, 0.717) is 19.3 Å². The zero-order valence-corrected chi connectivity index (χ0v) is 42.5. The van der Waals surface area contributed by atoms with Crippen LogP contribution >= 0.6 is 0 Å². The Kier molecular flexibility index (Phi) is 50.0. The minimum atomic E-state index is -0.790. The van der Waals surface area contributed by atoms with Crippen LogP contribution in [0.25, 0.3) is 0 Å². The molecule has 0 saturated carbocycles. The van der Waals surface area contributed by atoms with Gasteiger partial charge in [0, 0.05) is 6.42 Å². The topological polar surface area (TPSA) is 95.9 Å². The van der Waals surface area contributed by atoms with E-state index in [1.807, 2.05) is 0 Å². The molecule has 0 bridgehead atoms. The van der Waals surface area contributed by atoms with Gasteiger partial charge in [0.05, 0.1) is 25.2 Å². The quantitative estimate of drug-likeness (QED) is 0.0321. The summed E-state index contributed by atoms with van der Waals surface area (Å²) < 4.78 is 5.95. The molecule has 372 valence electrons. The van der Waals surface area contributed by atoms with Crippen LogP contribution in [0, 0.1) is 0 Å². The van der Waals surface area contributed by atoms with E-state index >= 15 is 0 Å². The lowest BCUT2D eigenvalue weighted by Crippen LogP contribution is -2.46. The van der Waals surface area contributed by atoms with Gasteiger partial charge in [-0.2, -0.15) is 0 Å². The standard InChI is InChI=1S/C57H109NO5/c1-4-7-10-13-16-19-22-24-26-28-29-31-33-35-38-41-44-47-50-57(62)63-53(48-45-42-39-36-34-32-30-27-25-23-20-17-14-11-8-5-2)51-56(61)58-54(52-59)55(60)49-46-43-40-37-21-18-15-12-9-6-3/h27,30,32,34,53-55,59-60H,4-26,28-29,31,33,35-52H2,1-3H3,(H,58,61)/b30-27+,34-32+. The summed E-state index contributed by atoms with van der Waals surface area (Å²) in [6.07, 6.45) is 59.6. The maximum Gasteiger partial charge on any atom is 0.306 e. The van der Waals surface area contributed by atoms with Gasteiger partial charge in [-0.15, -0.1) is 0 Å². The lowest BCUT2D eigenvalue weighted by atomic mass is 10.0. The first-order valence-electron chi connectivity index (χ1n) is 28.1. The van der Waals surface area contributed by atoms with Crippen LogP contribution in [-0.2, 0) is 14.3 Å². The smallest absolute Gasteiger partial charge is 0.306 e. The Morgan fingerprint density at radius 2 is 0.794 bits per heavy atom. The van der Waals surface area contributed by atoms with E-state index in [4.69, 9.17) is 4.74 Å². The minimum absolute atomic E-state index is 0.0653. The monoisotopic (exact) mass is 888 g/mol. The molecular weight excluding hydrogens is 779 g/mol. The molecule has 0 fully saturated rings. The molecule has 0 heterocycles. The molecule has 1 amide bonds. The predicted molar refractivity (Wildman–Crippen MR) is 273 cm³/mol. The molecule has 6 nitrogen and oxygen atoms in total. The van der Waals surface area contributed by atoms with Gasteiger partial charge in [0.2, 0.25) is 5.91 Å². The SMILES string of the molecule is CCCCCCCCC/C=C/C=C/CCCCCC(CC(=O)NC(CO)C(O)CCCCCCCCCCCC)OC(=O)CCCCCCCCCCCCCCCCCCCC. The van der Waals surface area contributed by atoms with E-state index in [1.165, 1.54) is 186 Å². The third-order valence-corrected chi connectivity index (χ3v) is 13.1. The van der Waals surface area contributed by atoms with Gasteiger partial charge in [0.1, 0.15) is 6.10 Å². The van der Waals surface area contributed by atoms with E-state index in [2.05, 4.69) is 50.4 Å². The largest absolute Gasteiger partial charge is 0.462 e. The summed E-state index contributed by atoms with van der Waals surface area (Å²) in [5.41, 5.74) is 0. The summed E-state index contributed by atoms with van der Waals surface area (Å²) in [4.78, 5) is 26.2. The average Bonchev–Trinajstić information content (AvgIpc) is 3.28. The normalized spacial score (nSPS) is 13.3. The zero-order valence-electron chi connectivity index (χ0n) is 42.5. The van der Waals surface area contributed by atoms with Crippen LogP contribution in [0.1, 0.15) is 303 Å². The molecule has 0 saturated heterocycles. The van der Waals surface area contributed by atoms with Crippen molar-refractivity contribution in [1.29, 1.82) is 0 Å². The number of aliphatic hydroxyl groups excluding tert-OH is 2. The van der Waals surface area contributed by atoms with Crippen molar-refractivity contribution in [2.75, 3.05) is 6.61 Å². The van der Waals surface area contributed by atoms with Crippen LogP contribution in [0.2, 0.25) is 0 Å². The number of rotatable bonds is 51. The molecule has 0 rings (SSSR count). The first kappa shape index (κ1) is 61.3. The van der Waals surface area contributed by atoms with Crippen molar-refractivity contribution in [2.24, 2.45) is 0 Å². The number of aliphatic hydroxyl groups is 2. The molecule has 0 radical (unpaired) electrons. The van der Waals surface area contributed by atoms with Crippen LogP contribution in [0.3, 0.4) is 0 Å². The van der Waals surface area contributed by atoms with Gasteiger partial charge in [-0.1, -0.05) is 263 Å². The van der Waals surface area contributed by atoms with E-state index in [1.54, 1.807) is 0 Å². The van der Waals surface area contributed by atoms with Gasteiger partial charge in [-0.3, -0.25) is 9.59 Å². The Morgan fingerprint density at radius 1 is 0.460 bits per heavy atom. The molecule has 0 aromatic heterocycles. The fraction of sp³-hybridized carbons (Fsp3) is 0.895. The molecule has 3 atom stereocenters. The summed E-state index contributed by atoms with van der Waals surface area (Å²) in [6.45, 7) is 6.49. The number of nitrogens with one attached hydrogen (secondary N) is 1. The number of amides is 1. The van der Waals surface area contributed by atoms with E-state index in [9.17, 15) is 19.8 Å². The fourth-order valence-electron chi connectivity index (χ4n) is 8.78. The van der Waals surface area contributed by atoms with Crippen molar-refractivity contribution < 1.29 is 24.5 Å². The molecule has 3 unspecified atom stereocenters. The van der Waals surface area contributed by atoms with Gasteiger partial charge in [-0.05, 0) is 51.4 Å². The van der Waals surface area contributed by atoms with Crippen LogP contribution in [0.15, 0.2) is 24.3 Å². The van der Waals surface area contributed by atoms with Crippen molar-refractivity contribution in [1.82, 2.24) is 5.32 Å². The minimum Gasteiger partial charge on any atom is -0.462 e. The molecule has 0 aliphatic rings. The van der Waals surface area contributed by atoms with E-state index in [-0.39, 0.29) is 24.9 Å². The highest BCUT2D eigenvalue weighted by atomic mass is 16.5. The van der Waals surface area contributed by atoms with Crippen LogP contribution in [0.4, 0.5) is 0 Å². The number of esters is 1. The number of carbonyl (C=O) groups excluding carboxylic acids is 2. The van der Waals surface area contributed by atoms with Gasteiger partial charge in [0.15, 0.2) is 0 Å². The van der Waals surface area contributed by atoms with E-state index < -0.39 is 18.2 Å². The second-order valence-corrected chi connectivity index (χ2v) is 19.4. The highest BCUT2D eigenvalue weighted by Crippen LogP contribution is 2.18. The summed E-state index contributed by atoms with van der Waals surface area (Å²) in [6, 6.07) is -0.705.